The van der Waals surface area contributed by atoms with Crippen molar-refractivity contribution in [3.05, 3.63) is 69.9 Å². The van der Waals surface area contributed by atoms with Crippen LogP contribution in [0.25, 0.3) is 11.3 Å². The molecule has 3 saturated heterocycles. The topological polar surface area (TPSA) is 64.4 Å². The van der Waals surface area contributed by atoms with Gasteiger partial charge >= 0.3 is 0 Å². The fraction of sp³-hybridized carbons (Fsp3) is 0.433. The van der Waals surface area contributed by atoms with Gasteiger partial charge in [0.1, 0.15) is 17.6 Å². The molecule has 0 saturated carbocycles. The van der Waals surface area contributed by atoms with Crippen LogP contribution in [0, 0.1) is 0 Å². The second-order valence-corrected chi connectivity index (χ2v) is 11.7. The lowest BCUT2D eigenvalue weighted by Crippen LogP contribution is -2.42. The van der Waals surface area contributed by atoms with Crippen molar-refractivity contribution in [1.29, 1.82) is 0 Å². The summed E-state index contributed by atoms with van der Waals surface area (Å²) in [5.41, 5.74) is 3.42. The maximum absolute atomic E-state index is 12.6. The van der Waals surface area contributed by atoms with Crippen molar-refractivity contribution in [2.24, 2.45) is 0 Å². The van der Waals surface area contributed by atoms with E-state index in [1.165, 1.54) is 16.0 Å². The summed E-state index contributed by atoms with van der Waals surface area (Å²) < 4.78 is 23.9. The van der Waals surface area contributed by atoms with E-state index in [1.807, 2.05) is 6.07 Å². The molecular formula is C30H32N2O5S. The van der Waals surface area contributed by atoms with Crippen LogP contribution in [0.4, 0.5) is 5.88 Å². The minimum absolute atomic E-state index is 0.0447. The lowest BCUT2D eigenvalue weighted by atomic mass is 10.0. The highest BCUT2D eigenvalue weighted by Gasteiger charge is 2.39. The van der Waals surface area contributed by atoms with Crippen LogP contribution >= 0.6 is 11.8 Å². The maximum Gasteiger partial charge on any atom is 0.200 e. The lowest BCUT2D eigenvalue weighted by molar-refractivity contribution is 0.0166. The fourth-order valence-electron chi connectivity index (χ4n) is 6.06. The van der Waals surface area contributed by atoms with E-state index in [-0.39, 0.29) is 11.5 Å². The maximum atomic E-state index is 12.6. The van der Waals surface area contributed by atoms with Gasteiger partial charge in [0.2, 0.25) is 0 Å². The van der Waals surface area contributed by atoms with Gasteiger partial charge in [-0.05, 0) is 49.1 Å². The van der Waals surface area contributed by atoms with E-state index in [1.54, 1.807) is 23.9 Å². The Bertz CT molecular complexity index is 1400. The monoisotopic (exact) mass is 532 g/mol. The summed E-state index contributed by atoms with van der Waals surface area (Å²) in [6.07, 6.45) is 2.50. The molecule has 3 atom stereocenters. The van der Waals surface area contributed by atoms with Gasteiger partial charge < -0.3 is 23.5 Å². The number of rotatable bonds is 6. The molecule has 2 aromatic carbocycles. The molecule has 0 unspecified atom stereocenters. The number of ether oxygens (including phenoxy) is 3. The molecule has 8 heteroatoms. The van der Waals surface area contributed by atoms with Crippen molar-refractivity contribution >= 4 is 17.6 Å². The van der Waals surface area contributed by atoms with Gasteiger partial charge in [0, 0.05) is 59.7 Å². The fourth-order valence-corrected chi connectivity index (χ4v) is 7.23. The summed E-state index contributed by atoms with van der Waals surface area (Å²) in [5, 5.41) is 0. The molecular weight excluding hydrogens is 500 g/mol. The van der Waals surface area contributed by atoms with Gasteiger partial charge in [0.05, 0.1) is 25.9 Å². The van der Waals surface area contributed by atoms with Gasteiger partial charge in [-0.1, -0.05) is 30.0 Å². The molecule has 0 N–H and O–H groups in total. The molecule has 4 aliphatic rings. The molecule has 198 valence electrons. The van der Waals surface area contributed by atoms with Gasteiger partial charge in [-0.2, -0.15) is 0 Å². The molecule has 4 aliphatic heterocycles. The molecule has 0 radical (unpaired) electrons. The summed E-state index contributed by atoms with van der Waals surface area (Å²) in [7, 11) is 0. The smallest absolute Gasteiger partial charge is 0.200 e. The van der Waals surface area contributed by atoms with Crippen LogP contribution in [0.2, 0.25) is 0 Å². The van der Waals surface area contributed by atoms with Gasteiger partial charge in [0.25, 0.3) is 0 Å². The molecule has 1 aromatic heterocycles. The Balaban J connectivity index is 1.10. The molecule has 0 amide bonds. The molecule has 5 heterocycles. The van der Waals surface area contributed by atoms with E-state index in [0.717, 1.165) is 61.8 Å². The minimum Gasteiger partial charge on any atom is -0.489 e. The first kappa shape index (κ1) is 24.3. The predicted molar refractivity (Wildman–Crippen MR) is 147 cm³/mol. The molecule has 0 aliphatic carbocycles. The largest absolute Gasteiger partial charge is 0.489 e. The number of morpholine rings is 2. The molecule has 7 nitrogen and oxygen atoms in total. The van der Waals surface area contributed by atoms with Crippen LogP contribution < -0.4 is 15.1 Å². The van der Waals surface area contributed by atoms with Gasteiger partial charge in [-0.25, -0.2) is 0 Å². The lowest BCUT2D eigenvalue weighted by Gasteiger charge is -2.29. The Morgan fingerprint density at radius 3 is 2.82 bits per heavy atom. The highest BCUT2D eigenvalue weighted by Crippen LogP contribution is 2.45. The summed E-state index contributed by atoms with van der Waals surface area (Å²) >= 11 is 1.74. The number of nitrogens with zero attached hydrogens (tertiary/aromatic N) is 2. The number of fused-ring (bicyclic) bond motifs is 4. The van der Waals surface area contributed by atoms with E-state index in [4.69, 9.17) is 18.6 Å². The third-order valence-corrected chi connectivity index (χ3v) is 9.21. The van der Waals surface area contributed by atoms with E-state index in [9.17, 15) is 4.79 Å². The third kappa shape index (κ3) is 4.75. The molecule has 0 spiro atoms. The number of likely N-dealkylation sites (tertiary alicyclic amines) is 1. The molecule has 38 heavy (non-hydrogen) atoms. The number of benzene rings is 2. The average Bonchev–Trinajstić information content (AvgIpc) is 3.55. The van der Waals surface area contributed by atoms with Crippen molar-refractivity contribution in [2.75, 3.05) is 50.9 Å². The Morgan fingerprint density at radius 1 is 1.11 bits per heavy atom. The van der Waals surface area contributed by atoms with Crippen LogP contribution in [-0.2, 0) is 15.9 Å². The van der Waals surface area contributed by atoms with Crippen LogP contribution in [0.5, 0.6) is 5.75 Å². The zero-order valence-electron chi connectivity index (χ0n) is 21.6. The van der Waals surface area contributed by atoms with Crippen molar-refractivity contribution in [1.82, 2.24) is 4.90 Å². The Morgan fingerprint density at radius 2 is 2.00 bits per heavy atom. The summed E-state index contributed by atoms with van der Waals surface area (Å²) in [6.45, 7) is 7.68. The molecule has 3 fully saturated rings. The SMILES string of the molecule is C[C@@H](CN1C[C@H]2C[C@@H]1CO2)Oc1ccc2c(c1)Cc1cccc(-c3cc(=O)cc(N4CCOCC4)o3)c1S2. The van der Waals surface area contributed by atoms with E-state index in [0.29, 0.717) is 37.0 Å². The van der Waals surface area contributed by atoms with Crippen LogP contribution in [0.15, 0.2) is 67.5 Å². The predicted octanol–water partition coefficient (Wildman–Crippen LogP) is 4.44. The Kier molecular flexibility index (Phi) is 6.44. The number of hydrogen-bond donors (Lipinski definition) is 0. The van der Waals surface area contributed by atoms with Crippen molar-refractivity contribution in [3.63, 3.8) is 0 Å². The summed E-state index contributed by atoms with van der Waals surface area (Å²) in [4.78, 5) is 19.6. The first-order chi connectivity index (χ1) is 18.6. The molecule has 2 bridgehead atoms. The van der Waals surface area contributed by atoms with Crippen LogP contribution in [0.1, 0.15) is 24.5 Å². The van der Waals surface area contributed by atoms with E-state index < -0.39 is 0 Å². The van der Waals surface area contributed by atoms with E-state index >= 15 is 0 Å². The van der Waals surface area contributed by atoms with E-state index in [2.05, 4.69) is 47.1 Å². The quantitative estimate of drug-likeness (QED) is 0.361. The summed E-state index contributed by atoms with van der Waals surface area (Å²) in [6, 6.07) is 16.4. The second kappa shape index (κ2) is 10.1. The normalized spacial score (nSPS) is 23.2. The van der Waals surface area contributed by atoms with Crippen molar-refractivity contribution < 1.29 is 18.6 Å². The second-order valence-electron chi connectivity index (χ2n) is 10.7. The minimum atomic E-state index is -0.0447. The Labute approximate surface area is 226 Å². The van der Waals surface area contributed by atoms with Crippen molar-refractivity contribution in [2.45, 2.75) is 47.8 Å². The number of anilines is 1. The number of hydrogen-bond acceptors (Lipinski definition) is 8. The van der Waals surface area contributed by atoms with Crippen LogP contribution in [-0.4, -0.2) is 69.1 Å². The highest BCUT2D eigenvalue weighted by molar-refractivity contribution is 7.99. The first-order valence-electron chi connectivity index (χ1n) is 13.5. The molecule has 7 rings (SSSR count). The summed E-state index contributed by atoms with van der Waals surface area (Å²) in [5.74, 6) is 2.14. The standard InChI is InChI=1S/C30H32N2O5S/c1-19(16-32-17-25-13-22(32)18-35-25)36-24-5-6-28-21(12-24)11-20-3-2-4-26(30(20)38-28)27-14-23(33)15-29(37-27)31-7-9-34-10-8-31/h2-6,12,14-15,19,22,25H,7-11,13,16-18H2,1H3/t19-,22+,25+/m0/s1. The van der Waals surface area contributed by atoms with Crippen molar-refractivity contribution in [3.8, 4) is 17.1 Å². The van der Waals surface area contributed by atoms with Gasteiger partial charge in [-0.3, -0.25) is 9.69 Å². The zero-order chi connectivity index (χ0) is 25.6. The van der Waals surface area contributed by atoms with Gasteiger partial charge in [0.15, 0.2) is 11.3 Å². The average molecular weight is 533 g/mol. The van der Waals surface area contributed by atoms with Gasteiger partial charge in [-0.15, -0.1) is 0 Å². The molecule has 3 aromatic rings. The third-order valence-electron chi connectivity index (χ3n) is 7.91. The first-order valence-corrected chi connectivity index (χ1v) is 14.3. The van der Waals surface area contributed by atoms with Crippen LogP contribution in [0.3, 0.4) is 0 Å². The zero-order valence-corrected chi connectivity index (χ0v) is 22.4. The Hall–Kier alpha value is -2.78. The highest BCUT2D eigenvalue weighted by atomic mass is 32.2.